The Bertz CT molecular complexity index is 386. The summed E-state index contributed by atoms with van der Waals surface area (Å²) in [5.41, 5.74) is 6.71. The van der Waals surface area contributed by atoms with Crippen molar-refractivity contribution in [2.24, 2.45) is 11.8 Å². The SMILES string of the molecule is CC1CCCCC1CNC(=O)c1cc(N)c[nH]1. The fourth-order valence-electron chi connectivity index (χ4n) is 2.56. The second-order valence-corrected chi connectivity index (χ2v) is 5.08. The lowest BCUT2D eigenvalue weighted by Gasteiger charge is -2.28. The highest BCUT2D eigenvalue weighted by Crippen LogP contribution is 2.28. The average Bonchev–Trinajstić information content (AvgIpc) is 2.74. The van der Waals surface area contributed by atoms with Crippen LogP contribution >= 0.6 is 0 Å². The first-order valence-corrected chi connectivity index (χ1v) is 6.39. The fraction of sp³-hybridized carbons (Fsp3) is 0.615. The van der Waals surface area contributed by atoms with Gasteiger partial charge in [0, 0.05) is 18.4 Å². The molecule has 0 spiro atoms. The molecule has 0 aromatic carbocycles. The molecule has 2 rings (SSSR count). The number of anilines is 1. The van der Waals surface area contributed by atoms with Gasteiger partial charge in [-0.25, -0.2) is 0 Å². The number of carbonyl (C=O) groups excluding carboxylic acids is 1. The molecule has 1 aromatic heterocycles. The summed E-state index contributed by atoms with van der Waals surface area (Å²) in [5, 5.41) is 2.99. The van der Waals surface area contributed by atoms with E-state index in [1.807, 2.05) is 0 Å². The maximum Gasteiger partial charge on any atom is 0.267 e. The summed E-state index contributed by atoms with van der Waals surface area (Å²) in [4.78, 5) is 14.7. The predicted molar refractivity (Wildman–Crippen MR) is 68.7 cm³/mol. The summed E-state index contributed by atoms with van der Waals surface area (Å²) in [7, 11) is 0. The molecule has 2 unspecified atom stereocenters. The first-order valence-electron chi connectivity index (χ1n) is 6.39. The minimum absolute atomic E-state index is 0.0560. The number of nitrogens with one attached hydrogen (secondary N) is 2. The number of nitrogens with two attached hydrogens (primary N) is 1. The van der Waals surface area contributed by atoms with Crippen LogP contribution in [0.2, 0.25) is 0 Å². The smallest absolute Gasteiger partial charge is 0.267 e. The van der Waals surface area contributed by atoms with Crippen LogP contribution < -0.4 is 11.1 Å². The van der Waals surface area contributed by atoms with Crippen molar-refractivity contribution >= 4 is 11.6 Å². The van der Waals surface area contributed by atoms with Gasteiger partial charge in [0.05, 0.1) is 0 Å². The third kappa shape index (κ3) is 3.02. The molecule has 4 N–H and O–H groups in total. The number of aromatic nitrogens is 1. The zero-order chi connectivity index (χ0) is 12.3. The molecule has 0 radical (unpaired) electrons. The quantitative estimate of drug-likeness (QED) is 0.751. The van der Waals surface area contributed by atoms with E-state index >= 15 is 0 Å². The Morgan fingerprint density at radius 1 is 1.53 bits per heavy atom. The molecule has 0 aliphatic heterocycles. The first kappa shape index (κ1) is 12.0. The van der Waals surface area contributed by atoms with Gasteiger partial charge in [-0.05, 0) is 24.3 Å². The molecule has 1 aliphatic carbocycles. The van der Waals surface area contributed by atoms with E-state index in [-0.39, 0.29) is 5.91 Å². The number of aromatic amines is 1. The number of rotatable bonds is 3. The Morgan fingerprint density at radius 3 is 2.94 bits per heavy atom. The van der Waals surface area contributed by atoms with Crippen LogP contribution in [0, 0.1) is 11.8 Å². The van der Waals surface area contributed by atoms with E-state index in [1.54, 1.807) is 12.3 Å². The largest absolute Gasteiger partial charge is 0.397 e. The Labute approximate surface area is 102 Å². The summed E-state index contributed by atoms with van der Waals surface area (Å²) in [6.45, 7) is 3.06. The van der Waals surface area contributed by atoms with Gasteiger partial charge in [0.25, 0.3) is 5.91 Å². The first-order chi connectivity index (χ1) is 8.16. The van der Waals surface area contributed by atoms with Crippen molar-refractivity contribution in [3.8, 4) is 0 Å². The third-order valence-electron chi connectivity index (χ3n) is 3.76. The van der Waals surface area contributed by atoms with E-state index in [1.165, 1.54) is 25.7 Å². The highest BCUT2D eigenvalue weighted by molar-refractivity contribution is 5.93. The number of hydrogen-bond acceptors (Lipinski definition) is 2. The standard InChI is InChI=1S/C13H21N3O/c1-9-4-2-3-5-10(9)7-16-13(17)12-6-11(14)8-15-12/h6,8-10,15H,2-5,7,14H2,1H3,(H,16,17). The van der Waals surface area contributed by atoms with E-state index in [0.29, 0.717) is 17.3 Å². The van der Waals surface area contributed by atoms with Gasteiger partial charge >= 0.3 is 0 Å². The number of H-pyrrole nitrogens is 1. The van der Waals surface area contributed by atoms with Crippen LogP contribution in [0.15, 0.2) is 12.3 Å². The normalized spacial score (nSPS) is 24.5. The third-order valence-corrected chi connectivity index (χ3v) is 3.76. The van der Waals surface area contributed by atoms with Crippen molar-refractivity contribution in [2.45, 2.75) is 32.6 Å². The van der Waals surface area contributed by atoms with Crippen LogP contribution in [0.1, 0.15) is 43.1 Å². The molecule has 0 bridgehead atoms. The van der Waals surface area contributed by atoms with Crippen molar-refractivity contribution in [1.29, 1.82) is 0 Å². The molecule has 1 fully saturated rings. The highest BCUT2D eigenvalue weighted by atomic mass is 16.1. The van der Waals surface area contributed by atoms with E-state index < -0.39 is 0 Å². The van der Waals surface area contributed by atoms with E-state index in [2.05, 4.69) is 17.2 Å². The van der Waals surface area contributed by atoms with Crippen LogP contribution in [0.25, 0.3) is 0 Å². The second kappa shape index (κ2) is 5.25. The highest BCUT2D eigenvalue weighted by Gasteiger charge is 2.21. The van der Waals surface area contributed by atoms with Crippen molar-refractivity contribution < 1.29 is 4.79 Å². The van der Waals surface area contributed by atoms with Crippen molar-refractivity contribution in [3.05, 3.63) is 18.0 Å². The maximum absolute atomic E-state index is 11.8. The van der Waals surface area contributed by atoms with Gasteiger partial charge in [-0.15, -0.1) is 0 Å². The lowest BCUT2D eigenvalue weighted by atomic mass is 9.80. The minimum Gasteiger partial charge on any atom is -0.397 e. The van der Waals surface area contributed by atoms with Crippen LogP contribution in [0.5, 0.6) is 0 Å². The van der Waals surface area contributed by atoms with Gasteiger partial charge in [0.1, 0.15) is 5.69 Å². The Balaban J connectivity index is 1.83. The zero-order valence-corrected chi connectivity index (χ0v) is 10.3. The van der Waals surface area contributed by atoms with E-state index in [0.717, 1.165) is 12.5 Å². The van der Waals surface area contributed by atoms with E-state index in [4.69, 9.17) is 5.73 Å². The van der Waals surface area contributed by atoms with Crippen LogP contribution in [-0.2, 0) is 0 Å². The van der Waals surface area contributed by atoms with Crippen molar-refractivity contribution in [3.63, 3.8) is 0 Å². The van der Waals surface area contributed by atoms with Gasteiger partial charge in [-0.2, -0.15) is 0 Å². The molecule has 1 aromatic rings. The van der Waals surface area contributed by atoms with Gasteiger partial charge in [-0.3, -0.25) is 4.79 Å². The summed E-state index contributed by atoms with van der Waals surface area (Å²) >= 11 is 0. The molecule has 4 nitrogen and oxygen atoms in total. The zero-order valence-electron chi connectivity index (χ0n) is 10.3. The molecule has 1 saturated carbocycles. The molecule has 4 heteroatoms. The summed E-state index contributed by atoms with van der Waals surface area (Å²) < 4.78 is 0. The lowest BCUT2D eigenvalue weighted by molar-refractivity contribution is 0.0932. The van der Waals surface area contributed by atoms with Crippen LogP contribution in [-0.4, -0.2) is 17.4 Å². The Hall–Kier alpha value is -1.45. The molecule has 1 amide bonds. The number of amides is 1. The summed E-state index contributed by atoms with van der Waals surface area (Å²) in [6.07, 6.45) is 6.78. The second-order valence-electron chi connectivity index (χ2n) is 5.08. The molecule has 0 saturated heterocycles. The van der Waals surface area contributed by atoms with Crippen molar-refractivity contribution in [2.75, 3.05) is 12.3 Å². The lowest BCUT2D eigenvalue weighted by Crippen LogP contribution is -2.33. The summed E-state index contributed by atoms with van der Waals surface area (Å²) in [5.74, 6) is 1.29. The maximum atomic E-state index is 11.8. The van der Waals surface area contributed by atoms with Gasteiger partial charge in [0.15, 0.2) is 0 Å². The Kier molecular flexibility index (Phi) is 3.71. The van der Waals surface area contributed by atoms with E-state index in [9.17, 15) is 4.79 Å². The van der Waals surface area contributed by atoms with Crippen molar-refractivity contribution in [1.82, 2.24) is 10.3 Å². The molecule has 1 heterocycles. The van der Waals surface area contributed by atoms with Crippen LogP contribution in [0.4, 0.5) is 5.69 Å². The Morgan fingerprint density at radius 2 is 2.29 bits per heavy atom. The molecular weight excluding hydrogens is 214 g/mol. The number of carbonyl (C=O) groups is 1. The monoisotopic (exact) mass is 235 g/mol. The van der Waals surface area contributed by atoms with Gasteiger partial charge in [0.2, 0.25) is 0 Å². The minimum atomic E-state index is -0.0560. The molecule has 1 aliphatic rings. The molecule has 17 heavy (non-hydrogen) atoms. The summed E-state index contributed by atoms with van der Waals surface area (Å²) in [6, 6.07) is 1.67. The van der Waals surface area contributed by atoms with Crippen LogP contribution in [0.3, 0.4) is 0 Å². The average molecular weight is 235 g/mol. The number of nitrogen functional groups attached to an aromatic ring is 1. The molecular formula is C13H21N3O. The molecule has 2 atom stereocenters. The predicted octanol–water partition coefficient (Wildman–Crippen LogP) is 2.15. The molecule has 94 valence electrons. The topological polar surface area (TPSA) is 70.9 Å². The van der Waals surface area contributed by atoms with Gasteiger partial charge in [-0.1, -0.05) is 26.2 Å². The number of hydrogen-bond donors (Lipinski definition) is 3. The van der Waals surface area contributed by atoms with Gasteiger partial charge < -0.3 is 16.0 Å². The fourth-order valence-corrected chi connectivity index (χ4v) is 2.56.